The molecule has 4 rings (SSSR count). The van der Waals surface area contributed by atoms with E-state index in [1.807, 2.05) is 60.7 Å². The highest BCUT2D eigenvalue weighted by Crippen LogP contribution is 2.36. The van der Waals surface area contributed by atoms with Crippen molar-refractivity contribution in [1.82, 2.24) is 19.1 Å². The van der Waals surface area contributed by atoms with E-state index in [0.717, 1.165) is 29.4 Å². The van der Waals surface area contributed by atoms with Crippen LogP contribution in [0.5, 0.6) is 0 Å². The number of hydrogen-bond donors (Lipinski definition) is 1. The monoisotopic (exact) mass is 410 g/mol. The van der Waals surface area contributed by atoms with E-state index in [9.17, 15) is 13.2 Å². The van der Waals surface area contributed by atoms with Gasteiger partial charge in [0, 0.05) is 23.6 Å². The maximum absolute atomic E-state index is 12.8. The lowest BCUT2D eigenvalue weighted by Gasteiger charge is -2.02. The van der Waals surface area contributed by atoms with Crippen LogP contribution < -0.4 is 10.4 Å². The molecule has 1 aromatic heterocycles. The molecule has 0 saturated heterocycles. The van der Waals surface area contributed by atoms with Gasteiger partial charge in [0.15, 0.2) is 5.82 Å². The average Bonchev–Trinajstić information content (AvgIpc) is 3.52. The predicted molar refractivity (Wildman–Crippen MR) is 113 cm³/mol. The van der Waals surface area contributed by atoms with Crippen LogP contribution in [0.3, 0.4) is 0 Å². The van der Waals surface area contributed by atoms with Crippen LogP contribution in [0, 0.1) is 0 Å². The molecular formula is C21H22N4O3S. The van der Waals surface area contributed by atoms with Crippen LogP contribution in [-0.2, 0) is 16.6 Å². The van der Waals surface area contributed by atoms with Gasteiger partial charge in [-0.25, -0.2) is 22.6 Å². The highest BCUT2D eigenvalue weighted by molar-refractivity contribution is 7.92. The molecule has 0 amide bonds. The molecule has 0 bridgehead atoms. The molecule has 8 heteroatoms. The Morgan fingerprint density at radius 3 is 2.34 bits per heavy atom. The smallest absolute Gasteiger partial charge is 0.272 e. The number of hydrogen-bond acceptors (Lipinski definition) is 4. The summed E-state index contributed by atoms with van der Waals surface area (Å²) in [6, 6.07) is 18.9. The number of nitrogens with one attached hydrogen (secondary N) is 1. The molecule has 1 aliphatic rings. The molecule has 2 aromatic carbocycles. The molecule has 0 atom stereocenters. The second-order valence-corrected chi connectivity index (χ2v) is 8.60. The summed E-state index contributed by atoms with van der Waals surface area (Å²) in [6.45, 7) is 0.244. The van der Waals surface area contributed by atoms with Gasteiger partial charge in [0.2, 0.25) is 10.0 Å². The standard InChI is InChI=1S/C21H22N4O3S/c26-21-24(15-14-22-29(27,28)16-13-17-7-3-1-4-8-17)23-20(25(21)19-11-12-19)18-9-5-2-6-10-18/h1-10,13,16,19,22H,11-12,14-15H2/b16-13+. The van der Waals surface area contributed by atoms with Crippen molar-refractivity contribution in [1.29, 1.82) is 0 Å². The number of sulfonamides is 1. The van der Waals surface area contributed by atoms with Crippen LogP contribution in [0.15, 0.2) is 70.9 Å². The first-order chi connectivity index (χ1) is 14.0. The number of rotatable bonds is 8. The summed E-state index contributed by atoms with van der Waals surface area (Å²) >= 11 is 0. The van der Waals surface area contributed by atoms with Gasteiger partial charge in [0.25, 0.3) is 0 Å². The summed E-state index contributed by atoms with van der Waals surface area (Å²) in [4.78, 5) is 12.8. The largest absolute Gasteiger partial charge is 0.346 e. The van der Waals surface area contributed by atoms with E-state index >= 15 is 0 Å². The van der Waals surface area contributed by atoms with E-state index in [-0.39, 0.29) is 24.8 Å². The minimum atomic E-state index is -3.60. The van der Waals surface area contributed by atoms with Crippen molar-refractivity contribution in [3.63, 3.8) is 0 Å². The molecular weight excluding hydrogens is 388 g/mol. The number of nitrogens with zero attached hydrogens (tertiary/aromatic N) is 3. The van der Waals surface area contributed by atoms with Crippen LogP contribution in [0.4, 0.5) is 0 Å². The van der Waals surface area contributed by atoms with E-state index in [2.05, 4.69) is 9.82 Å². The lowest BCUT2D eigenvalue weighted by molar-refractivity contribution is 0.551. The van der Waals surface area contributed by atoms with E-state index in [0.29, 0.717) is 5.82 Å². The normalized spacial score (nSPS) is 14.5. The molecule has 0 unspecified atom stereocenters. The van der Waals surface area contributed by atoms with E-state index in [1.165, 1.54) is 10.8 Å². The zero-order valence-corrected chi connectivity index (χ0v) is 16.6. The highest BCUT2D eigenvalue weighted by Gasteiger charge is 2.30. The first kappa shape index (κ1) is 19.4. The van der Waals surface area contributed by atoms with Crippen molar-refractivity contribution in [3.8, 4) is 11.4 Å². The molecule has 29 heavy (non-hydrogen) atoms. The Morgan fingerprint density at radius 1 is 1.03 bits per heavy atom. The highest BCUT2D eigenvalue weighted by atomic mass is 32.2. The van der Waals surface area contributed by atoms with Crippen LogP contribution in [0.25, 0.3) is 17.5 Å². The molecule has 1 saturated carbocycles. The summed E-state index contributed by atoms with van der Waals surface area (Å²) in [7, 11) is -3.60. The SMILES string of the molecule is O=c1n(CCNS(=O)(=O)/C=C/c2ccccc2)nc(-c2ccccc2)n1C1CC1. The molecule has 1 heterocycles. The van der Waals surface area contributed by atoms with Gasteiger partial charge in [-0.15, -0.1) is 5.10 Å². The lowest BCUT2D eigenvalue weighted by Crippen LogP contribution is -2.31. The first-order valence-corrected chi connectivity index (χ1v) is 11.1. The third kappa shape index (κ3) is 4.72. The van der Waals surface area contributed by atoms with Gasteiger partial charge in [0.05, 0.1) is 6.54 Å². The Hall–Kier alpha value is -2.97. The van der Waals surface area contributed by atoms with Crippen molar-refractivity contribution >= 4 is 16.1 Å². The Kier molecular flexibility index (Phi) is 5.46. The zero-order valence-electron chi connectivity index (χ0n) is 15.8. The third-order valence-electron chi connectivity index (χ3n) is 4.68. The van der Waals surface area contributed by atoms with Gasteiger partial charge >= 0.3 is 5.69 Å². The van der Waals surface area contributed by atoms with Gasteiger partial charge in [-0.3, -0.25) is 4.57 Å². The second kappa shape index (κ2) is 8.18. The van der Waals surface area contributed by atoms with E-state index in [1.54, 1.807) is 4.57 Å². The topological polar surface area (TPSA) is 86.0 Å². The van der Waals surface area contributed by atoms with Crippen molar-refractivity contribution < 1.29 is 8.42 Å². The van der Waals surface area contributed by atoms with E-state index in [4.69, 9.17) is 0 Å². The van der Waals surface area contributed by atoms with Crippen LogP contribution in [0.2, 0.25) is 0 Å². The van der Waals surface area contributed by atoms with Gasteiger partial charge < -0.3 is 0 Å². The molecule has 7 nitrogen and oxygen atoms in total. The van der Waals surface area contributed by atoms with Gasteiger partial charge in [-0.1, -0.05) is 60.7 Å². The minimum Gasteiger partial charge on any atom is -0.272 e. The molecule has 0 radical (unpaired) electrons. The summed E-state index contributed by atoms with van der Waals surface area (Å²) in [5.41, 5.74) is 1.47. The van der Waals surface area contributed by atoms with Crippen molar-refractivity contribution in [2.24, 2.45) is 0 Å². The Labute approximate surface area is 169 Å². The van der Waals surface area contributed by atoms with Crippen molar-refractivity contribution in [3.05, 3.63) is 82.1 Å². The maximum atomic E-state index is 12.8. The molecule has 0 spiro atoms. The fourth-order valence-electron chi connectivity index (χ4n) is 3.09. The fraction of sp³-hybridized carbons (Fsp3) is 0.238. The molecule has 150 valence electrons. The summed E-state index contributed by atoms with van der Waals surface area (Å²) in [5.74, 6) is 0.630. The maximum Gasteiger partial charge on any atom is 0.346 e. The lowest BCUT2D eigenvalue weighted by atomic mass is 10.2. The molecule has 1 aliphatic carbocycles. The Morgan fingerprint density at radius 2 is 1.69 bits per heavy atom. The predicted octanol–water partition coefficient (Wildman–Crippen LogP) is 2.64. The zero-order chi connectivity index (χ0) is 20.3. The summed E-state index contributed by atoms with van der Waals surface area (Å²) in [5, 5.41) is 5.60. The number of aromatic nitrogens is 3. The quantitative estimate of drug-likeness (QED) is 0.619. The second-order valence-electron chi connectivity index (χ2n) is 6.95. The summed E-state index contributed by atoms with van der Waals surface area (Å²) in [6.07, 6.45) is 3.45. The van der Waals surface area contributed by atoms with Crippen molar-refractivity contribution in [2.45, 2.75) is 25.4 Å². The van der Waals surface area contributed by atoms with Gasteiger partial charge in [0.1, 0.15) is 0 Å². The molecule has 1 N–H and O–H groups in total. The van der Waals surface area contributed by atoms with Crippen LogP contribution >= 0.6 is 0 Å². The Balaban J connectivity index is 1.46. The van der Waals surface area contributed by atoms with Gasteiger partial charge in [-0.2, -0.15) is 0 Å². The average molecular weight is 410 g/mol. The summed E-state index contributed by atoms with van der Waals surface area (Å²) < 4.78 is 29.9. The number of benzene rings is 2. The van der Waals surface area contributed by atoms with Crippen LogP contribution in [0.1, 0.15) is 24.4 Å². The first-order valence-electron chi connectivity index (χ1n) is 9.51. The van der Waals surface area contributed by atoms with Gasteiger partial charge in [-0.05, 0) is 24.5 Å². The van der Waals surface area contributed by atoms with Crippen molar-refractivity contribution in [2.75, 3.05) is 6.54 Å². The Bertz CT molecular complexity index is 1160. The fourth-order valence-corrected chi connectivity index (χ4v) is 3.89. The molecule has 1 fully saturated rings. The minimum absolute atomic E-state index is 0.0806. The van der Waals surface area contributed by atoms with E-state index < -0.39 is 10.0 Å². The molecule has 3 aromatic rings. The van der Waals surface area contributed by atoms with Crippen LogP contribution in [-0.4, -0.2) is 29.3 Å². The molecule has 0 aliphatic heterocycles. The third-order valence-corrected chi connectivity index (χ3v) is 5.78.